The molecule has 1 saturated heterocycles. The van der Waals surface area contributed by atoms with Crippen LogP contribution in [-0.4, -0.2) is 15.6 Å². The number of hydrogen-bond donors (Lipinski definition) is 1. The molecule has 28 heavy (non-hydrogen) atoms. The number of rotatable bonds is 3. The predicted octanol–water partition coefficient (Wildman–Crippen LogP) is 5.12. The second-order valence-electron chi connectivity index (χ2n) is 6.43. The SMILES string of the molecule is Cc1cc(/C=C2\SC(=Nc3ccccc3F)NC2=O)c(C)n1-c1ccccc1. The Morgan fingerprint density at radius 1 is 1.07 bits per heavy atom. The van der Waals surface area contributed by atoms with Gasteiger partial charge in [-0.25, -0.2) is 9.38 Å². The first-order chi connectivity index (χ1) is 13.5. The lowest BCUT2D eigenvalue weighted by atomic mass is 10.2. The maximum absolute atomic E-state index is 13.8. The van der Waals surface area contributed by atoms with Gasteiger partial charge in [0.2, 0.25) is 0 Å². The molecule has 0 spiro atoms. The number of thioether (sulfide) groups is 1. The Morgan fingerprint density at radius 2 is 1.79 bits per heavy atom. The highest BCUT2D eigenvalue weighted by atomic mass is 32.2. The largest absolute Gasteiger partial charge is 0.318 e. The second-order valence-corrected chi connectivity index (χ2v) is 7.46. The van der Waals surface area contributed by atoms with Gasteiger partial charge in [-0.05, 0) is 67.6 Å². The average molecular weight is 391 g/mol. The molecule has 0 aliphatic carbocycles. The fourth-order valence-electron chi connectivity index (χ4n) is 3.18. The van der Waals surface area contributed by atoms with Gasteiger partial charge in [0.25, 0.3) is 5.91 Å². The fraction of sp³-hybridized carbons (Fsp3) is 0.0909. The van der Waals surface area contributed by atoms with Crippen molar-refractivity contribution >= 4 is 34.6 Å². The van der Waals surface area contributed by atoms with Crippen LogP contribution in [0.25, 0.3) is 11.8 Å². The molecule has 3 aromatic rings. The van der Waals surface area contributed by atoms with E-state index in [-0.39, 0.29) is 11.6 Å². The van der Waals surface area contributed by atoms with E-state index >= 15 is 0 Å². The van der Waals surface area contributed by atoms with Crippen molar-refractivity contribution in [1.29, 1.82) is 0 Å². The number of amides is 1. The fourth-order valence-corrected chi connectivity index (χ4v) is 4.01. The predicted molar refractivity (Wildman–Crippen MR) is 112 cm³/mol. The summed E-state index contributed by atoms with van der Waals surface area (Å²) < 4.78 is 16.0. The van der Waals surface area contributed by atoms with Crippen molar-refractivity contribution in [3.05, 3.63) is 88.3 Å². The molecule has 0 saturated carbocycles. The van der Waals surface area contributed by atoms with Crippen LogP contribution >= 0.6 is 11.8 Å². The minimum absolute atomic E-state index is 0.203. The Bertz CT molecular complexity index is 1120. The Kier molecular flexibility index (Phi) is 4.88. The lowest BCUT2D eigenvalue weighted by Gasteiger charge is -2.09. The third-order valence-electron chi connectivity index (χ3n) is 4.50. The number of carbonyl (C=O) groups excluding carboxylic acids is 1. The maximum atomic E-state index is 13.8. The van der Waals surface area contributed by atoms with Crippen molar-refractivity contribution < 1.29 is 9.18 Å². The normalized spacial score (nSPS) is 16.8. The maximum Gasteiger partial charge on any atom is 0.264 e. The van der Waals surface area contributed by atoms with Crippen molar-refractivity contribution in [2.75, 3.05) is 0 Å². The molecule has 1 aliphatic heterocycles. The van der Waals surface area contributed by atoms with Crippen LogP contribution in [0.3, 0.4) is 0 Å². The number of aromatic nitrogens is 1. The van der Waals surface area contributed by atoms with Gasteiger partial charge in [-0.1, -0.05) is 30.3 Å². The van der Waals surface area contributed by atoms with E-state index in [1.54, 1.807) is 18.2 Å². The molecule has 0 atom stereocenters. The molecule has 2 aromatic carbocycles. The summed E-state index contributed by atoms with van der Waals surface area (Å²) in [6.07, 6.45) is 1.85. The molecular formula is C22H18FN3OS. The first kappa shape index (κ1) is 18.3. The lowest BCUT2D eigenvalue weighted by Crippen LogP contribution is -2.19. The molecular weight excluding hydrogens is 373 g/mol. The van der Waals surface area contributed by atoms with Crippen LogP contribution < -0.4 is 5.32 Å². The summed E-state index contributed by atoms with van der Waals surface area (Å²) in [5, 5.41) is 3.08. The summed E-state index contributed by atoms with van der Waals surface area (Å²) in [7, 11) is 0. The number of benzene rings is 2. The van der Waals surface area contributed by atoms with Gasteiger partial charge in [0.05, 0.1) is 4.91 Å². The molecule has 6 heteroatoms. The van der Waals surface area contributed by atoms with Crippen LogP contribution in [0.15, 0.2) is 70.6 Å². The molecule has 1 aromatic heterocycles. The Morgan fingerprint density at radius 3 is 2.54 bits per heavy atom. The lowest BCUT2D eigenvalue weighted by molar-refractivity contribution is -0.115. The van der Waals surface area contributed by atoms with E-state index in [0.29, 0.717) is 10.1 Å². The molecule has 1 N–H and O–H groups in total. The van der Waals surface area contributed by atoms with Crippen LogP contribution in [-0.2, 0) is 4.79 Å². The second kappa shape index (κ2) is 7.48. The van der Waals surface area contributed by atoms with Crippen LogP contribution in [0, 0.1) is 19.7 Å². The summed E-state index contributed by atoms with van der Waals surface area (Å²) in [5.74, 6) is -0.654. The van der Waals surface area contributed by atoms with E-state index in [4.69, 9.17) is 0 Å². The number of hydrogen-bond acceptors (Lipinski definition) is 3. The van der Waals surface area contributed by atoms with Crippen LogP contribution in [0.1, 0.15) is 17.0 Å². The Balaban J connectivity index is 1.65. The van der Waals surface area contributed by atoms with E-state index in [0.717, 1.165) is 22.6 Å². The highest BCUT2D eigenvalue weighted by Crippen LogP contribution is 2.31. The van der Waals surface area contributed by atoms with Gasteiger partial charge in [-0.3, -0.25) is 4.79 Å². The van der Waals surface area contributed by atoms with Gasteiger partial charge in [0.1, 0.15) is 11.5 Å². The summed E-state index contributed by atoms with van der Waals surface area (Å²) in [6.45, 7) is 4.06. The number of amidine groups is 1. The zero-order valence-corrected chi connectivity index (χ0v) is 16.3. The number of aryl methyl sites for hydroxylation is 1. The first-order valence-electron chi connectivity index (χ1n) is 8.81. The van der Waals surface area contributed by atoms with Crippen LogP contribution in [0.2, 0.25) is 0 Å². The summed E-state index contributed by atoms with van der Waals surface area (Å²) in [6, 6.07) is 18.4. The van der Waals surface area contributed by atoms with Crippen molar-refractivity contribution in [3.8, 4) is 5.69 Å². The molecule has 0 bridgehead atoms. The van der Waals surface area contributed by atoms with Gasteiger partial charge in [0.15, 0.2) is 5.17 Å². The molecule has 1 aliphatic rings. The Labute approximate surface area is 166 Å². The zero-order valence-electron chi connectivity index (χ0n) is 15.4. The summed E-state index contributed by atoms with van der Waals surface area (Å²) in [4.78, 5) is 17.1. The molecule has 140 valence electrons. The molecule has 4 rings (SSSR count). The molecule has 1 amide bonds. The number of nitrogens with one attached hydrogen (secondary N) is 1. The van der Waals surface area contributed by atoms with E-state index < -0.39 is 5.82 Å². The third kappa shape index (κ3) is 3.51. The highest BCUT2D eigenvalue weighted by Gasteiger charge is 2.25. The smallest absolute Gasteiger partial charge is 0.264 e. The number of carbonyl (C=O) groups is 1. The zero-order chi connectivity index (χ0) is 19.7. The van der Waals surface area contributed by atoms with Crippen molar-refractivity contribution in [2.45, 2.75) is 13.8 Å². The quantitative estimate of drug-likeness (QED) is 0.630. The van der Waals surface area contributed by atoms with E-state index in [9.17, 15) is 9.18 Å². The summed E-state index contributed by atoms with van der Waals surface area (Å²) >= 11 is 1.21. The Hall–Kier alpha value is -3.12. The summed E-state index contributed by atoms with van der Waals surface area (Å²) in [5.41, 5.74) is 4.37. The van der Waals surface area contributed by atoms with Crippen molar-refractivity contribution in [1.82, 2.24) is 9.88 Å². The molecule has 1 fully saturated rings. The number of nitrogens with zero attached hydrogens (tertiary/aromatic N) is 2. The third-order valence-corrected chi connectivity index (χ3v) is 5.41. The molecule has 0 radical (unpaired) electrons. The topological polar surface area (TPSA) is 46.4 Å². The minimum atomic E-state index is -0.423. The monoisotopic (exact) mass is 391 g/mol. The van der Waals surface area contributed by atoms with E-state index in [1.165, 1.54) is 17.8 Å². The van der Waals surface area contributed by atoms with Crippen LogP contribution in [0.4, 0.5) is 10.1 Å². The molecule has 0 unspecified atom stereocenters. The van der Waals surface area contributed by atoms with Gasteiger partial charge in [0, 0.05) is 17.1 Å². The van der Waals surface area contributed by atoms with Crippen LogP contribution in [0.5, 0.6) is 0 Å². The van der Waals surface area contributed by atoms with Crippen molar-refractivity contribution in [2.24, 2.45) is 4.99 Å². The van der Waals surface area contributed by atoms with E-state index in [1.807, 2.05) is 50.3 Å². The minimum Gasteiger partial charge on any atom is -0.318 e. The standard InChI is InChI=1S/C22H18FN3OS/c1-14-12-16(15(2)26(14)17-8-4-3-5-9-17)13-20-21(27)25-22(28-20)24-19-11-7-6-10-18(19)23/h3-13H,1-2H3,(H,24,25,27)/b20-13-. The first-order valence-corrected chi connectivity index (χ1v) is 9.63. The number of para-hydroxylation sites is 2. The van der Waals surface area contributed by atoms with Gasteiger partial charge in [-0.15, -0.1) is 0 Å². The average Bonchev–Trinajstić information content (AvgIpc) is 3.16. The van der Waals surface area contributed by atoms with E-state index in [2.05, 4.69) is 20.9 Å². The van der Waals surface area contributed by atoms with Crippen molar-refractivity contribution in [3.63, 3.8) is 0 Å². The van der Waals surface area contributed by atoms with Gasteiger partial charge < -0.3 is 9.88 Å². The highest BCUT2D eigenvalue weighted by molar-refractivity contribution is 8.18. The number of halogens is 1. The number of aliphatic imine (C=N–C) groups is 1. The molecule has 4 nitrogen and oxygen atoms in total. The molecule has 2 heterocycles. The van der Waals surface area contributed by atoms with Gasteiger partial charge in [-0.2, -0.15) is 0 Å². The van der Waals surface area contributed by atoms with Gasteiger partial charge >= 0.3 is 0 Å².